The highest BCUT2D eigenvalue weighted by atomic mass is 16.3. The van der Waals surface area contributed by atoms with E-state index in [0.717, 1.165) is 18.3 Å². The second-order valence-electron chi connectivity index (χ2n) is 7.93. The first-order valence-electron chi connectivity index (χ1n) is 8.22. The lowest BCUT2D eigenvalue weighted by Gasteiger charge is -2.55. The van der Waals surface area contributed by atoms with Crippen LogP contribution in [0.5, 0.6) is 0 Å². The molecule has 1 heteroatoms. The van der Waals surface area contributed by atoms with Crippen LogP contribution in [0.15, 0.2) is 30.3 Å². The van der Waals surface area contributed by atoms with Gasteiger partial charge in [-0.1, -0.05) is 44.2 Å². The van der Waals surface area contributed by atoms with Crippen LogP contribution in [0.4, 0.5) is 0 Å². The van der Waals surface area contributed by atoms with Gasteiger partial charge >= 0.3 is 0 Å². The van der Waals surface area contributed by atoms with E-state index in [1.165, 1.54) is 32.1 Å². The molecule has 4 unspecified atom stereocenters. The molecule has 1 N–H and O–H groups in total. The highest BCUT2D eigenvalue weighted by molar-refractivity contribution is 5.28. The minimum atomic E-state index is 0.327. The van der Waals surface area contributed by atoms with Crippen molar-refractivity contribution in [2.75, 3.05) is 6.61 Å². The fraction of sp³-hybridized carbons (Fsp3) is 0.684. The average Bonchev–Trinajstić information content (AvgIpc) is 2.38. The molecule has 2 saturated carbocycles. The summed E-state index contributed by atoms with van der Waals surface area (Å²) in [5.41, 5.74) is 2.24. The summed E-state index contributed by atoms with van der Waals surface area (Å²) >= 11 is 0. The third-order valence-electron chi connectivity index (χ3n) is 5.80. The molecule has 2 bridgehead atoms. The molecule has 1 nitrogen and oxygen atoms in total. The van der Waals surface area contributed by atoms with E-state index in [-0.39, 0.29) is 0 Å². The molecule has 0 aromatic heterocycles. The first kappa shape index (κ1) is 14.1. The van der Waals surface area contributed by atoms with Crippen LogP contribution in [0.2, 0.25) is 0 Å². The Kier molecular flexibility index (Phi) is 3.66. The second kappa shape index (κ2) is 5.18. The van der Waals surface area contributed by atoms with Crippen LogP contribution in [0.1, 0.15) is 57.9 Å². The average molecular weight is 272 g/mol. The molecule has 0 spiro atoms. The smallest absolute Gasteiger partial charge is 0.0436 e. The minimum Gasteiger partial charge on any atom is -0.396 e. The molecule has 0 aliphatic heterocycles. The Bertz CT molecular complexity index is 450. The number of aliphatic hydroxyl groups excluding tert-OH is 1. The first-order valence-corrected chi connectivity index (χ1v) is 8.22. The quantitative estimate of drug-likeness (QED) is 0.856. The number of rotatable bonds is 3. The molecule has 2 fully saturated rings. The van der Waals surface area contributed by atoms with Gasteiger partial charge in [-0.3, -0.25) is 0 Å². The number of fused-ring (bicyclic) bond motifs is 2. The summed E-state index contributed by atoms with van der Waals surface area (Å²) < 4.78 is 0. The summed E-state index contributed by atoms with van der Waals surface area (Å²) in [5, 5.41) is 9.45. The summed E-state index contributed by atoms with van der Waals surface area (Å²) in [5.74, 6) is 1.69. The zero-order valence-corrected chi connectivity index (χ0v) is 12.9. The fourth-order valence-electron chi connectivity index (χ4n) is 5.51. The Morgan fingerprint density at radius 3 is 2.60 bits per heavy atom. The number of aliphatic hydroxyl groups is 1. The van der Waals surface area contributed by atoms with Crippen molar-refractivity contribution in [1.82, 2.24) is 0 Å². The Balaban J connectivity index is 1.97. The van der Waals surface area contributed by atoms with Crippen molar-refractivity contribution in [1.29, 1.82) is 0 Å². The molecule has 0 heterocycles. The minimum absolute atomic E-state index is 0.327. The van der Waals surface area contributed by atoms with E-state index in [1.807, 2.05) is 0 Å². The van der Waals surface area contributed by atoms with Crippen LogP contribution in [-0.2, 0) is 5.41 Å². The van der Waals surface area contributed by atoms with E-state index in [9.17, 15) is 5.11 Å². The predicted molar refractivity (Wildman–Crippen MR) is 83.7 cm³/mol. The number of hydrogen-bond acceptors (Lipinski definition) is 1. The van der Waals surface area contributed by atoms with E-state index in [2.05, 4.69) is 44.2 Å². The Labute approximate surface area is 123 Å². The maximum absolute atomic E-state index is 9.45. The third kappa shape index (κ3) is 2.53. The van der Waals surface area contributed by atoms with Gasteiger partial charge in [-0.05, 0) is 66.8 Å². The molecule has 4 atom stereocenters. The lowest BCUT2D eigenvalue weighted by atomic mass is 9.50. The molecule has 0 saturated heterocycles. The standard InChI is InChI=1S/C19H28O/c1-15-10-16-12-18(2,8-9-20)14-19(11-15,13-16)17-6-4-3-5-7-17/h3-7,15-16,20H,8-14H2,1-2H3. The van der Waals surface area contributed by atoms with Gasteiger partial charge in [0.25, 0.3) is 0 Å². The van der Waals surface area contributed by atoms with Crippen molar-refractivity contribution in [3.8, 4) is 0 Å². The maximum Gasteiger partial charge on any atom is 0.0436 e. The molecule has 2 aliphatic rings. The molecule has 1 aromatic rings. The van der Waals surface area contributed by atoms with Crippen LogP contribution in [0, 0.1) is 17.3 Å². The number of hydrogen-bond donors (Lipinski definition) is 1. The second-order valence-corrected chi connectivity index (χ2v) is 7.93. The zero-order valence-electron chi connectivity index (χ0n) is 12.9. The van der Waals surface area contributed by atoms with E-state index in [4.69, 9.17) is 0 Å². The van der Waals surface area contributed by atoms with Crippen molar-refractivity contribution < 1.29 is 5.11 Å². The van der Waals surface area contributed by atoms with Gasteiger partial charge in [-0.2, -0.15) is 0 Å². The molecular weight excluding hydrogens is 244 g/mol. The van der Waals surface area contributed by atoms with E-state index < -0.39 is 0 Å². The van der Waals surface area contributed by atoms with E-state index >= 15 is 0 Å². The van der Waals surface area contributed by atoms with Gasteiger partial charge in [0.1, 0.15) is 0 Å². The molecule has 1 aromatic carbocycles. The van der Waals surface area contributed by atoms with Crippen LogP contribution >= 0.6 is 0 Å². The fourth-order valence-corrected chi connectivity index (χ4v) is 5.51. The largest absolute Gasteiger partial charge is 0.396 e. The molecule has 110 valence electrons. The van der Waals surface area contributed by atoms with Gasteiger partial charge in [0, 0.05) is 6.61 Å². The first-order chi connectivity index (χ1) is 9.55. The van der Waals surface area contributed by atoms with Gasteiger partial charge in [0.2, 0.25) is 0 Å². The van der Waals surface area contributed by atoms with Crippen molar-refractivity contribution in [3.05, 3.63) is 35.9 Å². The predicted octanol–water partition coefficient (Wildman–Crippen LogP) is 4.54. The Morgan fingerprint density at radius 1 is 1.15 bits per heavy atom. The maximum atomic E-state index is 9.45. The molecule has 0 amide bonds. The summed E-state index contributed by atoms with van der Waals surface area (Å²) in [6.07, 6.45) is 7.61. The molecule has 20 heavy (non-hydrogen) atoms. The van der Waals surface area contributed by atoms with Crippen LogP contribution in [0.25, 0.3) is 0 Å². The van der Waals surface area contributed by atoms with Crippen LogP contribution in [-0.4, -0.2) is 11.7 Å². The molecule has 0 radical (unpaired) electrons. The Morgan fingerprint density at radius 2 is 1.90 bits per heavy atom. The van der Waals surface area contributed by atoms with Gasteiger partial charge in [-0.15, -0.1) is 0 Å². The van der Waals surface area contributed by atoms with Crippen molar-refractivity contribution in [2.24, 2.45) is 17.3 Å². The lowest BCUT2D eigenvalue weighted by molar-refractivity contribution is 0.00701. The van der Waals surface area contributed by atoms with Crippen molar-refractivity contribution in [2.45, 2.75) is 57.8 Å². The normalized spacial score (nSPS) is 40.5. The van der Waals surface area contributed by atoms with Crippen LogP contribution in [0.3, 0.4) is 0 Å². The highest BCUT2D eigenvalue weighted by Gasteiger charge is 2.49. The van der Waals surface area contributed by atoms with Crippen molar-refractivity contribution in [3.63, 3.8) is 0 Å². The van der Waals surface area contributed by atoms with Gasteiger partial charge in [-0.25, -0.2) is 0 Å². The van der Waals surface area contributed by atoms with E-state index in [1.54, 1.807) is 5.56 Å². The highest BCUT2D eigenvalue weighted by Crippen LogP contribution is 2.58. The lowest BCUT2D eigenvalue weighted by Crippen LogP contribution is -2.46. The molecular formula is C19H28O. The molecule has 2 aliphatic carbocycles. The zero-order chi connectivity index (χ0) is 14.2. The summed E-state index contributed by atoms with van der Waals surface area (Å²) in [6.45, 7) is 5.17. The van der Waals surface area contributed by atoms with Gasteiger partial charge in [0.15, 0.2) is 0 Å². The van der Waals surface area contributed by atoms with Crippen molar-refractivity contribution >= 4 is 0 Å². The van der Waals surface area contributed by atoms with Crippen LogP contribution < -0.4 is 0 Å². The van der Waals surface area contributed by atoms with E-state index in [0.29, 0.717) is 17.4 Å². The monoisotopic (exact) mass is 272 g/mol. The van der Waals surface area contributed by atoms with Gasteiger partial charge in [0.05, 0.1) is 0 Å². The summed E-state index contributed by atoms with van der Waals surface area (Å²) in [6, 6.07) is 11.2. The molecule has 3 rings (SSSR count). The Hall–Kier alpha value is -0.820. The third-order valence-corrected chi connectivity index (χ3v) is 5.80. The van der Waals surface area contributed by atoms with Gasteiger partial charge < -0.3 is 5.11 Å². The summed E-state index contributed by atoms with van der Waals surface area (Å²) in [4.78, 5) is 0. The topological polar surface area (TPSA) is 20.2 Å². The number of benzene rings is 1. The summed E-state index contributed by atoms with van der Waals surface area (Å²) in [7, 11) is 0. The SMILES string of the molecule is CC1CC2CC(C)(CCO)CC(c3ccccc3)(C1)C2.